The van der Waals surface area contributed by atoms with E-state index in [2.05, 4.69) is 20.3 Å². The molecule has 0 fully saturated rings. The number of hydrogen-bond acceptors (Lipinski definition) is 5. The molecule has 0 bridgehead atoms. The van der Waals surface area contributed by atoms with Crippen LogP contribution in [0.3, 0.4) is 0 Å². The first kappa shape index (κ1) is 14.2. The lowest BCUT2D eigenvalue weighted by Gasteiger charge is -2.14. The number of rotatable bonds is 4. The van der Waals surface area contributed by atoms with Crippen LogP contribution in [0.1, 0.15) is 53.2 Å². The maximum atomic E-state index is 12.3. The van der Waals surface area contributed by atoms with Crippen LogP contribution in [-0.4, -0.2) is 38.2 Å². The zero-order chi connectivity index (χ0) is 14.9. The van der Waals surface area contributed by atoms with Gasteiger partial charge >= 0.3 is 0 Å². The van der Waals surface area contributed by atoms with Gasteiger partial charge in [0.05, 0.1) is 12.2 Å². The van der Waals surface area contributed by atoms with Gasteiger partial charge in [-0.1, -0.05) is 19.0 Å². The molecule has 2 aromatic heterocycles. The molecule has 1 N–H and O–H groups in total. The van der Waals surface area contributed by atoms with Crippen molar-refractivity contribution < 1.29 is 9.32 Å². The molecule has 2 heterocycles. The lowest BCUT2D eigenvalue weighted by atomic mass is 10.2. The summed E-state index contributed by atoms with van der Waals surface area (Å²) in [7, 11) is 1.71. The zero-order valence-electron chi connectivity index (χ0n) is 12.4. The molecular weight excluding hydrogens is 258 g/mol. The summed E-state index contributed by atoms with van der Waals surface area (Å²) in [4.78, 5) is 18.0. The number of amides is 1. The van der Waals surface area contributed by atoms with Crippen molar-refractivity contribution in [2.75, 3.05) is 7.05 Å². The quantitative estimate of drug-likeness (QED) is 0.920. The summed E-state index contributed by atoms with van der Waals surface area (Å²) in [6, 6.07) is 0. The van der Waals surface area contributed by atoms with Gasteiger partial charge in [0, 0.05) is 18.5 Å². The summed E-state index contributed by atoms with van der Waals surface area (Å²) in [5, 5.41) is 10.6. The number of H-pyrrole nitrogens is 1. The predicted molar refractivity (Wildman–Crippen MR) is 72.2 cm³/mol. The standard InChI is InChI=1S/C13H19N5O2/c1-7(2)11-14-12(16-15-11)13(19)18(5)6-10-8(3)17-20-9(10)4/h7H,6H2,1-5H3,(H,14,15,16). The Morgan fingerprint density at radius 2 is 2.10 bits per heavy atom. The highest BCUT2D eigenvalue weighted by Gasteiger charge is 2.20. The molecule has 0 aliphatic heterocycles. The smallest absolute Gasteiger partial charge is 0.293 e. The molecule has 7 heteroatoms. The van der Waals surface area contributed by atoms with E-state index in [-0.39, 0.29) is 17.6 Å². The van der Waals surface area contributed by atoms with Crippen LogP contribution in [0.2, 0.25) is 0 Å². The van der Waals surface area contributed by atoms with Gasteiger partial charge in [0.15, 0.2) is 0 Å². The Labute approximate surface area is 117 Å². The zero-order valence-corrected chi connectivity index (χ0v) is 12.4. The highest BCUT2D eigenvalue weighted by atomic mass is 16.5. The fourth-order valence-corrected chi connectivity index (χ4v) is 1.84. The minimum absolute atomic E-state index is 0.183. The van der Waals surface area contributed by atoms with Gasteiger partial charge in [0.1, 0.15) is 11.6 Å². The molecule has 0 aromatic carbocycles. The Balaban J connectivity index is 2.12. The molecule has 2 rings (SSSR count). The van der Waals surface area contributed by atoms with Crippen LogP contribution in [0.5, 0.6) is 0 Å². The fourth-order valence-electron chi connectivity index (χ4n) is 1.84. The summed E-state index contributed by atoms with van der Waals surface area (Å²) < 4.78 is 5.09. The molecule has 20 heavy (non-hydrogen) atoms. The molecule has 0 unspecified atom stereocenters. The average Bonchev–Trinajstić information content (AvgIpc) is 3.00. The minimum atomic E-state index is -0.229. The van der Waals surface area contributed by atoms with E-state index in [1.54, 1.807) is 11.9 Å². The van der Waals surface area contributed by atoms with Crippen LogP contribution in [0.15, 0.2) is 4.52 Å². The number of nitrogens with one attached hydrogen (secondary N) is 1. The Hall–Kier alpha value is -2.18. The highest BCUT2D eigenvalue weighted by Crippen LogP contribution is 2.15. The van der Waals surface area contributed by atoms with Gasteiger partial charge in [0.2, 0.25) is 5.82 Å². The maximum absolute atomic E-state index is 12.3. The Kier molecular flexibility index (Phi) is 3.87. The van der Waals surface area contributed by atoms with Gasteiger partial charge in [-0.05, 0) is 13.8 Å². The Bertz CT molecular complexity index is 595. The van der Waals surface area contributed by atoms with Gasteiger partial charge < -0.3 is 9.42 Å². The second-order valence-corrected chi connectivity index (χ2v) is 5.16. The van der Waals surface area contributed by atoms with Crippen molar-refractivity contribution in [2.24, 2.45) is 0 Å². The normalized spacial score (nSPS) is 11.1. The lowest BCUT2D eigenvalue weighted by molar-refractivity contribution is 0.0773. The first-order chi connectivity index (χ1) is 9.40. The molecule has 0 atom stereocenters. The largest absolute Gasteiger partial charge is 0.361 e. The SMILES string of the molecule is Cc1noc(C)c1CN(C)C(=O)c1n[nH]c(C(C)C)n1. The summed E-state index contributed by atoms with van der Waals surface area (Å²) in [6.07, 6.45) is 0. The number of aryl methyl sites for hydroxylation is 2. The minimum Gasteiger partial charge on any atom is -0.361 e. The van der Waals surface area contributed by atoms with E-state index in [0.717, 1.165) is 17.0 Å². The topological polar surface area (TPSA) is 87.9 Å². The number of carbonyl (C=O) groups excluding carboxylic acids is 1. The third kappa shape index (κ3) is 2.71. The molecule has 2 aromatic rings. The third-order valence-electron chi connectivity index (χ3n) is 3.16. The summed E-state index contributed by atoms with van der Waals surface area (Å²) >= 11 is 0. The molecule has 0 aliphatic carbocycles. The van der Waals surface area contributed by atoms with E-state index in [4.69, 9.17) is 4.52 Å². The molecule has 0 aliphatic rings. The van der Waals surface area contributed by atoms with Crippen LogP contribution >= 0.6 is 0 Å². The molecule has 1 amide bonds. The van der Waals surface area contributed by atoms with E-state index in [1.807, 2.05) is 27.7 Å². The highest BCUT2D eigenvalue weighted by molar-refractivity contribution is 5.90. The van der Waals surface area contributed by atoms with Crippen molar-refractivity contribution in [2.45, 2.75) is 40.2 Å². The van der Waals surface area contributed by atoms with Crippen molar-refractivity contribution >= 4 is 5.91 Å². The number of nitrogens with zero attached hydrogens (tertiary/aromatic N) is 4. The predicted octanol–water partition coefficient (Wildman–Crippen LogP) is 1.81. The number of carbonyl (C=O) groups is 1. The van der Waals surface area contributed by atoms with Gasteiger partial charge in [-0.3, -0.25) is 9.89 Å². The van der Waals surface area contributed by atoms with Crippen LogP contribution < -0.4 is 0 Å². The monoisotopic (exact) mass is 277 g/mol. The number of hydrogen-bond donors (Lipinski definition) is 1. The van der Waals surface area contributed by atoms with Gasteiger partial charge in [0.25, 0.3) is 5.91 Å². The fraction of sp³-hybridized carbons (Fsp3) is 0.538. The van der Waals surface area contributed by atoms with Crippen molar-refractivity contribution in [3.05, 3.63) is 28.7 Å². The molecule has 108 valence electrons. The van der Waals surface area contributed by atoms with E-state index in [1.165, 1.54) is 0 Å². The first-order valence-electron chi connectivity index (χ1n) is 6.49. The average molecular weight is 277 g/mol. The second kappa shape index (κ2) is 5.44. The van der Waals surface area contributed by atoms with Crippen LogP contribution in [0.4, 0.5) is 0 Å². The van der Waals surface area contributed by atoms with E-state index in [9.17, 15) is 4.79 Å². The molecule has 7 nitrogen and oxygen atoms in total. The van der Waals surface area contributed by atoms with Gasteiger partial charge in [-0.2, -0.15) is 0 Å². The summed E-state index contributed by atoms with van der Waals surface area (Å²) in [5.74, 6) is 1.59. The molecular formula is C13H19N5O2. The van der Waals surface area contributed by atoms with Gasteiger partial charge in [-0.25, -0.2) is 4.98 Å². The van der Waals surface area contributed by atoms with Crippen molar-refractivity contribution in [3.8, 4) is 0 Å². The number of aromatic nitrogens is 4. The van der Waals surface area contributed by atoms with E-state index < -0.39 is 0 Å². The van der Waals surface area contributed by atoms with Crippen molar-refractivity contribution in [3.63, 3.8) is 0 Å². The van der Waals surface area contributed by atoms with Crippen molar-refractivity contribution in [1.29, 1.82) is 0 Å². The molecule has 0 radical (unpaired) electrons. The lowest BCUT2D eigenvalue weighted by Crippen LogP contribution is -2.27. The van der Waals surface area contributed by atoms with E-state index >= 15 is 0 Å². The van der Waals surface area contributed by atoms with Crippen LogP contribution in [0.25, 0.3) is 0 Å². The molecule has 0 saturated carbocycles. The molecule has 0 saturated heterocycles. The van der Waals surface area contributed by atoms with Gasteiger partial charge in [-0.15, -0.1) is 5.10 Å². The van der Waals surface area contributed by atoms with E-state index in [0.29, 0.717) is 12.4 Å². The molecule has 0 spiro atoms. The number of aromatic amines is 1. The maximum Gasteiger partial charge on any atom is 0.293 e. The Morgan fingerprint density at radius 1 is 1.40 bits per heavy atom. The third-order valence-corrected chi connectivity index (χ3v) is 3.16. The van der Waals surface area contributed by atoms with Crippen molar-refractivity contribution in [1.82, 2.24) is 25.2 Å². The van der Waals surface area contributed by atoms with Crippen LogP contribution in [0, 0.1) is 13.8 Å². The summed E-state index contributed by atoms with van der Waals surface area (Å²) in [6.45, 7) is 8.08. The second-order valence-electron chi connectivity index (χ2n) is 5.16. The summed E-state index contributed by atoms with van der Waals surface area (Å²) in [5.41, 5.74) is 1.71. The van der Waals surface area contributed by atoms with Crippen LogP contribution in [-0.2, 0) is 6.54 Å². The first-order valence-corrected chi connectivity index (χ1v) is 6.49. The Morgan fingerprint density at radius 3 is 2.60 bits per heavy atom.